The third kappa shape index (κ3) is 5.33. The molecular formula is C17H27IN2P+. The average molecular weight is 417 g/mol. The van der Waals surface area contributed by atoms with E-state index in [0.29, 0.717) is 5.78 Å². The quantitative estimate of drug-likeness (QED) is 0.457. The number of rotatable bonds is 4. The van der Waals surface area contributed by atoms with E-state index in [-0.39, 0.29) is 38.0 Å². The Bertz CT molecular complexity index is 472. The molecule has 1 atom stereocenters. The fourth-order valence-corrected chi connectivity index (χ4v) is 4.94. The fourth-order valence-electron chi connectivity index (χ4n) is 2.10. The van der Waals surface area contributed by atoms with Crippen molar-refractivity contribution in [1.29, 1.82) is 0 Å². The zero-order chi connectivity index (χ0) is 13.9. The number of benzene rings is 2. The SMILES string of the molecule is CC(P(c1ccccc1)c1ccccc1)[N+](C)(C)C.I.N. The summed E-state index contributed by atoms with van der Waals surface area (Å²) in [6.07, 6.45) is 0. The Labute approximate surface area is 147 Å². The van der Waals surface area contributed by atoms with E-state index >= 15 is 0 Å². The van der Waals surface area contributed by atoms with Crippen LogP contribution in [0, 0.1) is 0 Å². The molecule has 0 aliphatic heterocycles. The normalized spacial score (nSPS) is 12.2. The van der Waals surface area contributed by atoms with Gasteiger partial charge in [-0.15, -0.1) is 24.0 Å². The molecule has 2 aromatic carbocycles. The number of nitrogens with zero attached hydrogens (tertiary/aromatic N) is 1. The van der Waals surface area contributed by atoms with Crippen LogP contribution in [0.1, 0.15) is 6.92 Å². The minimum atomic E-state index is -0.328. The minimum Gasteiger partial charge on any atom is -0.344 e. The van der Waals surface area contributed by atoms with Gasteiger partial charge in [-0.25, -0.2) is 0 Å². The van der Waals surface area contributed by atoms with Gasteiger partial charge in [0.2, 0.25) is 0 Å². The monoisotopic (exact) mass is 417 g/mol. The lowest BCUT2D eigenvalue weighted by molar-refractivity contribution is -0.879. The highest BCUT2D eigenvalue weighted by atomic mass is 127. The molecule has 0 heterocycles. The van der Waals surface area contributed by atoms with Gasteiger partial charge in [0.25, 0.3) is 0 Å². The average Bonchev–Trinajstić information content (AvgIpc) is 2.40. The van der Waals surface area contributed by atoms with Crippen molar-refractivity contribution in [2.75, 3.05) is 21.1 Å². The van der Waals surface area contributed by atoms with Crippen molar-refractivity contribution < 1.29 is 4.48 Å². The standard InChI is InChI=1S/C17H23NP.HI.H3N/c1-15(18(2,3)4)19(16-11-7-5-8-12-16)17-13-9-6-10-14-17;;/h5-15H,1-4H3;1H;1H3/q+1;;. The van der Waals surface area contributed by atoms with E-state index in [1.807, 2.05) is 0 Å². The third-order valence-electron chi connectivity index (χ3n) is 3.56. The number of hydrogen-bond acceptors (Lipinski definition) is 1. The molecule has 0 radical (unpaired) electrons. The molecule has 3 N–H and O–H groups in total. The van der Waals surface area contributed by atoms with E-state index in [4.69, 9.17) is 0 Å². The summed E-state index contributed by atoms with van der Waals surface area (Å²) in [5.74, 6) is 0.583. The van der Waals surface area contributed by atoms with Crippen molar-refractivity contribution in [1.82, 2.24) is 6.15 Å². The molecule has 2 rings (SSSR count). The van der Waals surface area contributed by atoms with E-state index in [0.717, 1.165) is 4.48 Å². The molecule has 0 bridgehead atoms. The van der Waals surface area contributed by atoms with Crippen molar-refractivity contribution in [3.05, 3.63) is 60.7 Å². The first kappa shape index (κ1) is 20.5. The van der Waals surface area contributed by atoms with Gasteiger partial charge in [-0.05, 0) is 17.5 Å². The third-order valence-corrected chi connectivity index (χ3v) is 6.71. The first-order valence-electron chi connectivity index (χ1n) is 6.70. The molecule has 1 unspecified atom stereocenters. The maximum atomic E-state index is 2.37. The Morgan fingerprint density at radius 3 is 1.38 bits per heavy atom. The second-order valence-electron chi connectivity index (χ2n) is 5.79. The van der Waals surface area contributed by atoms with Gasteiger partial charge in [0, 0.05) is 7.92 Å². The van der Waals surface area contributed by atoms with Gasteiger partial charge in [0.15, 0.2) is 0 Å². The molecule has 0 aromatic heterocycles. The van der Waals surface area contributed by atoms with Crippen molar-refractivity contribution in [2.45, 2.75) is 12.7 Å². The highest BCUT2D eigenvalue weighted by Gasteiger charge is 2.30. The van der Waals surface area contributed by atoms with E-state index in [1.54, 1.807) is 0 Å². The Balaban J connectivity index is 0.00000200. The van der Waals surface area contributed by atoms with Crippen LogP contribution in [0.4, 0.5) is 0 Å². The van der Waals surface area contributed by atoms with Crippen LogP contribution in [0.3, 0.4) is 0 Å². The topological polar surface area (TPSA) is 35.0 Å². The maximum absolute atomic E-state index is 2.37. The summed E-state index contributed by atoms with van der Waals surface area (Å²) in [5.41, 5.74) is 0. The molecule has 0 amide bonds. The van der Waals surface area contributed by atoms with E-state index in [9.17, 15) is 0 Å². The Kier molecular flexibility index (Phi) is 8.64. The lowest BCUT2D eigenvalue weighted by Gasteiger charge is -2.37. The number of hydrogen-bond donors (Lipinski definition) is 1. The number of quaternary nitrogens is 1. The van der Waals surface area contributed by atoms with Crippen LogP contribution in [0.25, 0.3) is 0 Å². The highest BCUT2D eigenvalue weighted by Crippen LogP contribution is 2.41. The summed E-state index contributed by atoms with van der Waals surface area (Å²) in [5, 5.41) is 2.92. The fraction of sp³-hybridized carbons (Fsp3) is 0.294. The maximum Gasteiger partial charge on any atom is 0.112 e. The molecule has 2 nitrogen and oxygen atoms in total. The molecule has 0 aliphatic rings. The van der Waals surface area contributed by atoms with Gasteiger partial charge in [-0.2, -0.15) is 0 Å². The van der Waals surface area contributed by atoms with E-state index < -0.39 is 0 Å². The molecule has 2 aromatic rings. The molecule has 21 heavy (non-hydrogen) atoms. The van der Waals surface area contributed by atoms with Crippen molar-refractivity contribution >= 4 is 42.5 Å². The predicted molar refractivity (Wildman–Crippen MR) is 107 cm³/mol. The van der Waals surface area contributed by atoms with Gasteiger partial charge in [0.1, 0.15) is 5.78 Å². The minimum absolute atomic E-state index is 0. The highest BCUT2D eigenvalue weighted by molar-refractivity contribution is 14.0. The van der Waals surface area contributed by atoms with Crippen molar-refractivity contribution in [2.24, 2.45) is 0 Å². The first-order valence-corrected chi connectivity index (χ1v) is 8.11. The van der Waals surface area contributed by atoms with E-state index in [2.05, 4.69) is 88.7 Å². The van der Waals surface area contributed by atoms with Gasteiger partial charge < -0.3 is 10.6 Å². The van der Waals surface area contributed by atoms with Crippen LogP contribution in [0.5, 0.6) is 0 Å². The molecule has 0 spiro atoms. The van der Waals surface area contributed by atoms with Crippen LogP contribution < -0.4 is 16.8 Å². The summed E-state index contributed by atoms with van der Waals surface area (Å²) in [4.78, 5) is 0. The van der Waals surface area contributed by atoms with Crippen LogP contribution in [0.2, 0.25) is 0 Å². The molecule has 0 saturated carbocycles. The number of halogens is 1. The zero-order valence-electron chi connectivity index (χ0n) is 13.4. The van der Waals surface area contributed by atoms with Crippen molar-refractivity contribution in [3.63, 3.8) is 0 Å². The molecule has 0 aliphatic carbocycles. The van der Waals surface area contributed by atoms with Gasteiger partial charge in [-0.3, -0.25) is 0 Å². The van der Waals surface area contributed by atoms with Crippen LogP contribution >= 0.6 is 31.9 Å². The van der Waals surface area contributed by atoms with Crippen molar-refractivity contribution in [3.8, 4) is 0 Å². The molecular weight excluding hydrogens is 390 g/mol. The first-order chi connectivity index (χ1) is 9.00. The molecule has 4 heteroatoms. The smallest absolute Gasteiger partial charge is 0.112 e. The molecule has 0 saturated heterocycles. The summed E-state index contributed by atoms with van der Waals surface area (Å²) >= 11 is 0. The second kappa shape index (κ2) is 8.84. The lowest BCUT2D eigenvalue weighted by Crippen LogP contribution is -2.45. The van der Waals surface area contributed by atoms with Gasteiger partial charge >= 0.3 is 0 Å². The summed E-state index contributed by atoms with van der Waals surface area (Å²) in [7, 11) is 6.52. The van der Waals surface area contributed by atoms with Crippen LogP contribution in [0.15, 0.2) is 60.7 Å². The Morgan fingerprint density at radius 2 is 1.10 bits per heavy atom. The predicted octanol–water partition coefficient (Wildman–Crippen LogP) is 3.95. The second-order valence-corrected chi connectivity index (χ2v) is 8.31. The van der Waals surface area contributed by atoms with Crippen LogP contribution in [-0.2, 0) is 0 Å². The van der Waals surface area contributed by atoms with Gasteiger partial charge in [-0.1, -0.05) is 60.7 Å². The Hall–Kier alpha value is -0.480. The van der Waals surface area contributed by atoms with Gasteiger partial charge in [0.05, 0.1) is 21.1 Å². The Morgan fingerprint density at radius 1 is 0.762 bits per heavy atom. The van der Waals surface area contributed by atoms with Crippen LogP contribution in [-0.4, -0.2) is 31.4 Å². The summed E-state index contributed by atoms with van der Waals surface area (Å²) in [6.45, 7) is 2.37. The lowest BCUT2D eigenvalue weighted by atomic mass is 10.4. The molecule has 116 valence electrons. The van der Waals surface area contributed by atoms with E-state index in [1.165, 1.54) is 10.6 Å². The largest absolute Gasteiger partial charge is 0.344 e. The molecule has 0 fully saturated rings. The summed E-state index contributed by atoms with van der Waals surface area (Å²) < 4.78 is 0.982. The zero-order valence-corrected chi connectivity index (χ0v) is 16.6. The summed E-state index contributed by atoms with van der Waals surface area (Å²) in [6, 6.07) is 21.9.